The van der Waals surface area contributed by atoms with Crippen molar-refractivity contribution in [1.82, 2.24) is 14.8 Å². The molecule has 2 rings (SSSR count). The summed E-state index contributed by atoms with van der Waals surface area (Å²) < 4.78 is 7.51. The number of aliphatic hydroxyl groups excluding tert-OH is 1. The van der Waals surface area contributed by atoms with Crippen molar-refractivity contribution in [2.75, 3.05) is 12.4 Å². The molecule has 0 radical (unpaired) electrons. The summed E-state index contributed by atoms with van der Waals surface area (Å²) in [6, 6.07) is 10.3. The van der Waals surface area contributed by atoms with Crippen molar-refractivity contribution in [3.8, 4) is 0 Å². The van der Waals surface area contributed by atoms with Gasteiger partial charge in [0.15, 0.2) is 5.16 Å². The Morgan fingerprint density at radius 2 is 2.05 bits per heavy atom. The van der Waals surface area contributed by atoms with E-state index in [2.05, 4.69) is 24.0 Å². The second-order valence-electron chi connectivity index (χ2n) is 5.08. The molecule has 0 aliphatic rings. The molecule has 1 atom stereocenters. The fraction of sp³-hybridized carbons (Fsp3) is 0.467. The number of aromatic nitrogens is 3. The largest absolute Gasteiger partial charge is 0.390 e. The Morgan fingerprint density at radius 1 is 1.29 bits per heavy atom. The van der Waals surface area contributed by atoms with Crippen LogP contribution in [0.4, 0.5) is 0 Å². The van der Waals surface area contributed by atoms with E-state index in [4.69, 9.17) is 4.74 Å². The highest BCUT2D eigenvalue weighted by Crippen LogP contribution is 2.19. The Kier molecular flexibility index (Phi) is 6.22. The van der Waals surface area contributed by atoms with E-state index in [1.807, 2.05) is 34.9 Å². The van der Waals surface area contributed by atoms with Crippen molar-refractivity contribution in [3.05, 3.63) is 42.2 Å². The molecule has 0 unspecified atom stereocenters. The predicted octanol–water partition coefficient (Wildman–Crippen LogP) is 2.53. The molecule has 0 saturated carbocycles. The smallest absolute Gasteiger partial charge is 0.191 e. The molecule has 0 spiro atoms. The molecular formula is C15H21N3O2S. The third kappa shape index (κ3) is 5.15. The number of rotatable bonds is 8. The molecule has 1 aromatic carbocycles. The fourth-order valence-electron chi connectivity index (χ4n) is 1.80. The molecule has 6 heteroatoms. The fourth-order valence-corrected chi connectivity index (χ4v) is 2.74. The number of thioether (sulfide) groups is 1. The number of nitrogens with zero attached hydrogens (tertiary/aromatic N) is 3. The summed E-state index contributed by atoms with van der Waals surface area (Å²) in [6.45, 7) is 4.99. The van der Waals surface area contributed by atoms with E-state index in [1.54, 1.807) is 6.33 Å². The maximum Gasteiger partial charge on any atom is 0.191 e. The number of ether oxygens (including phenoxy) is 1. The molecule has 0 saturated heterocycles. The second-order valence-corrected chi connectivity index (χ2v) is 6.07. The van der Waals surface area contributed by atoms with Crippen LogP contribution in [0.25, 0.3) is 0 Å². The maximum absolute atomic E-state index is 9.95. The molecule has 0 aliphatic heterocycles. The average Bonchev–Trinajstić information content (AvgIpc) is 2.95. The molecule has 1 heterocycles. The van der Waals surface area contributed by atoms with Crippen LogP contribution in [0.3, 0.4) is 0 Å². The van der Waals surface area contributed by atoms with Gasteiger partial charge in [0.25, 0.3) is 0 Å². The van der Waals surface area contributed by atoms with Gasteiger partial charge in [-0.05, 0) is 19.4 Å². The predicted molar refractivity (Wildman–Crippen MR) is 83.2 cm³/mol. The van der Waals surface area contributed by atoms with Crippen molar-refractivity contribution in [2.24, 2.45) is 0 Å². The zero-order valence-electron chi connectivity index (χ0n) is 12.3. The van der Waals surface area contributed by atoms with E-state index in [0.717, 1.165) is 10.7 Å². The molecule has 5 nitrogen and oxygen atoms in total. The highest BCUT2D eigenvalue weighted by molar-refractivity contribution is 7.99. The van der Waals surface area contributed by atoms with Gasteiger partial charge < -0.3 is 14.4 Å². The normalized spacial score (nSPS) is 12.8. The van der Waals surface area contributed by atoms with E-state index >= 15 is 0 Å². The monoisotopic (exact) mass is 307 g/mol. The third-order valence-corrected chi connectivity index (χ3v) is 4.03. The minimum absolute atomic E-state index is 0.314. The van der Waals surface area contributed by atoms with Crippen LogP contribution >= 0.6 is 11.8 Å². The lowest BCUT2D eigenvalue weighted by Crippen LogP contribution is -2.18. The molecule has 0 aliphatic carbocycles. The summed E-state index contributed by atoms with van der Waals surface area (Å²) >= 11 is 1.50. The Bertz CT molecular complexity index is 531. The first-order valence-electron chi connectivity index (χ1n) is 6.99. The van der Waals surface area contributed by atoms with Crippen molar-refractivity contribution >= 4 is 11.8 Å². The summed E-state index contributed by atoms with van der Waals surface area (Å²) in [5, 5.41) is 18.7. The lowest BCUT2D eigenvalue weighted by Gasteiger charge is -2.12. The summed E-state index contributed by atoms with van der Waals surface area (Å²) in [4.78, 5) is 0. The van der Waals surface area contributed by atoms with Crippen molar-refractivity contribution in [1.29, 1.82) is 0 Å². The topological polar surface area (TPSA) is 60.2 Å². The quantitative estimate of drug-likeness (QED) is 0.759. The summed E-state index contributed by atoms with van der Waals surface area (Å²) in [5.74, 6) is 0.542. The van der Waals surface area contributed by atoms with E-state index < -0.39 is 6.10 Å². The van der Waals surface area contributed by atoms with Crippen LogP contribution < -0.4 is 0 Å². The van der Waals surface area contributed by atoms with Crippen LogP contribution in [0.1, 0.15) is 25.5 Å². The first-order chi connectivity index (χ1) is 10.2. The van der Waals surface area contributed by atoms with Gasteiger partial charge in [0.2, 0.25) is 0 Å². The molecule has 1 N–H and O–H groups in total. The average molecular weight is 307 g/mol. The van der Waals surface area contributed by atoms with Crippen LogP contribution in [0, 0.1) is 0 Å². The second kappa shape index (κ2) is 8.17. The van der Waals surface area contributed by atoms with Gasteiger partial charge in [-0.3, -0.25) is 0 Å². The number of hydrogen-bond donors (Lipinski definition) is 1. The molecule has 21 heavy (non-hydrogen) atoms. The van der Waals surface area contributed by atoms with Crippen LogP contribution in [0.5, 0.6) is 0 Å². The molecule has 114 valence electrons. The first kappa shape index (κ1) is 16.0. The molecular weight excluding hydrogens is 286 g/mol. The first-order valence-corrected chi connectivity index (χ1v) is 7.97. The van der Waals surface area contributed by atoms with Gasteiger partial charge in [-0.2, -0.15) is 0 Å². The third-order valence-electron chi connectivity index (χ3n) is 2.92. The van der Waals surface area contributed by atoms with Crippen LogP contribution in [0.2, 0.25) is 0 Å². The van der Waals surface area contributed by atoms with E-state index in [1.165, 1.54) is 11.8 Å². The van der Waals surface area contributed by atoms with Gasteiger partial charge in [0.05, 0.1) is 19.3 Å². The van der Waals surface area contributed by atoms with Gasteiger partial charge in [0, 0.05) is 11.8 Å². The zero-order chi connectivity index (χ0) is 15.1. The molecule has 0 bridgehead atoms. The standard InChI is InChI=1S/C15H21N3O2S/c1-12(2)18-11-16-17-15(18)21-10-14(19)9-20-8-13-6-4-3-5-7-13/h3-7,11-12,14,19H,8-10H2,1-2H3/t14-/m0/s1. The SMILES string of the molecule is CC(C)n1cnnc1SC[C@@H](O)COCc1ccccc1. The number of hydrogen-bond acceptors (Lipinski definition) is 5. The lowest BCUT2D eigenvalue weighted by molar-refractivity contribution is 0.0397. The van der Waals surface area contributed by atoms with Crippen molar-refractivity contribution < 1.29 is 9.84 Å². The minimum Gasteiger partial charge on any atom is -0.390 e. The van der Waals surface area contributed by atoms with Crippen molar-refractivity contribution in [3.63, 3.8) is 0 Å². The van der Waals surface area contributed by atoms with Gasteiger partial charge in [0.1, 0.15) is 6.33 Å². The molecule has 2 aromatic rings. The van der Waals surface area contributed by atoms with E-state index in [9.17, 15) is 5.11 Å². The van der Waals surface area contributed by atoms with Gasteiger partial charge in [-0.15, -0.1) is 10.2 Å². The lowest BCUT2D eigenvalue weighted by atomic mass is 10.2. The van der Waals surface area contributed by atoms with E-state index in [-0.39, 0.29) is 0 Å². The van der Waals surface area contributed by atoms with Crippen LogP contribution in [-0.2, 0) is 11.3 Å². The zero-order valence-corrected chi connectivity index (χ0v) is 13.2. The number of aliphatic hydroxyl groups is 1. The molecule has 1 aromatic heterocycles. The van der Waals surface area contributed by atoms with Gasteiger partial charge in [-0.1, -0.05) is 42.1 Å². The summed E-state index contributed by atoms with van der Waals surface area (Å²) in [5.41, 5.74) is 1.11. The Labute approximate surface area is 129 Å². The Morgan fingerprint density at radius 3 is 2.76 bits per heavy atom. The minimum atomic E-state index is -0.518. The summed E-state index contributed by atoms with van der Waals surface area (Å²) in [7, 11) is 0. The van der Waals surface area contributed by atoms with Gasteiger partial charge in [-0.25, -0.2) is 0 Å². The Balaban J connectivity index is 1.70. The van der Waals surface area contributed by atoms with Crippen LogP contribution in [-0.4, -0.2) is 38.3 Å². The van der Waals surface area contributed by atoms with E-state index in [0.29, 0.717) is 25.0 Å². The highest BCUT2D eigenvalue weighted by atomic mass is 32.2. The highest BCUT2D eigenvalue weighted by Gasteiger charge is 2.11. The van der Waals surface area contributed by atoms with Crippen molar-refractivity contribution in [2.45, 2.75) is 37.8 Å². The Hall–Kier alpha value is -1.37. The summed E-state index contributed by atoms with van der Waals surface area (Å²) in [6.07, 6.45) is 1.20. The molecule has 0 fully saturated rings. The molecule has 0 amide bonds. The maximum atomic E-state index is 9.95. The van der Waals surface area contributed by atoms with Gasteiger partial charge >= 0.3 is 0 Å². The number of benzene rings is 1. The van der Waals surface area contributed by atoms with Crippen LogP contribution in [0.15, 0.2) is 41.8 Å².